The summed E-state index contributed by atoms with van der Waals surface area (Å²) in [6.45, 7) is 3.58. The van der Waals surface area contributed by atoms with E-state index in [1.807, 2.05) is 6.92 Å². The summed E-state index contributed by atoms with van der Waals surface area (Å²) in [7, 11) is 0. The fourth-order valence-electron chi connectivity index (χ4n) is 4.55. The molecule has 0 radical (unpaired) electrons. The minimum absolute atomic E-state index is 0.109. The van der Waals surface area contributed by atoms with Crippen molar-refractivity contribution in [3.8, 4) is 11.3 Å². The van der Waals surface area contributed by atoms with Crippen molar-refractivity contribution >= 4 is 5.91 Å². The number of carbonyl (C=O) groups excluding carboxylic acids is 1. The zero-order chi connectivity index (χ0) is 22.5. The highest BCUT2D eigenvalue weighted by atomic mass is 19.4. The minimum atomic E-state index is -4.78. The van der Waals surface area contributed by atoms with Gasteiger partial charge in [0.25, 0.3) is 5.91 Å². The van der Waals surface area contributed by atoms with Gasteiger partial charge in [-0.25, -0.2) is 0 Å². The van der Waals surface area contributed by atoms with Crippen LogP contribution in [-0.2, 0) is 33.4 Å². The fraction of sp³-hybridized carbons (Fsp3) is 0.619. The summed E-state index contributed by atoms with van der Waals surface area (Å²) in [5.41, 5.74) is -0.327. The Morgan fingerprint density at radius 1 is 1.31 bits per heavy atom. The molecule has 2 aromatic heterocycles. The van der Waals surface area contributed by atoms with Crippen molar-refractivity contribution in [2.24, 2.45) is 0 Å². The summed E-state index contributed by atoms with van der Waals surface area (Å²) in [6, 6.07) is 0. The van der Waals surface area contributed by atoms with Gasteiger partial charge in [0.2, 0.25) is 5.76 Å². The average Bonchev–Trinajstić information content (AvgIpc) is 3.51. The van der Waals surface area contributed by atoms with E-state index in [4.69, 9.17) is 18.6 Å². The topological polar surface area (TPSA) is 87.8 Å². The van der Waals surface area contributed by atoms with E-state index in [1.165, 1.54) is 0 Å². The zero-order valence-corrected chi connectivity index (χ0v) is 17.5. The van der Waals surface area contributed by atoms with Gasteiger partial charge in [-0.3, -0.25) is 9.48 Å². The molecule has 8 nitrogen and oxygen atoms in total. The fourth-order valence-corrected chi connectivity index (χ4v) is 4.55. The van der Waals surface area contributed by atoms with Crippen LogP contribution in [0.1, 0.15) is 53.1 Å². The predicted molar refractivity (Wildman–Crippen MR) is 104 cm³/mol. The molecule has 2 saturated heterocycles. The number of nitrogens with one attached hydrogen (secondary N) is 1. The second-order valence-corrected chi connectivity index (χ2v) is 8.48. The van der Waals surface area contributed by atoms with E-state index in [9.17, 15) is 18.0 Å². The van der Waals surface area contributed by atoms with Crippen LogP contribution >= 0.6 is 0 Å². The van der Waals surface area contributed by atoms with E-state index in [1.54, 1.807) is 10.9 Å². The predicted octanol–water partition coefficient (Wildman–Crippen LogP) is 3.10. The summed E-state index contributed by atoms with van der Waals surface area (Å²) < 4.78 is 65.7. The molecule has 0 bridgehead atoms. The van der Waals surface area contributed by atoms with Gasteiger partial charge < -0.3 is 23.9 Å². The minimum Gasteiger partial charge on any atom is -0.455 e. The molecular formula is C21H24F3N3O5. The van der Waals surface area contributed by atoms with Crippen molar-refractivity contribution in [3.05, 3.63) is 28.8 Å². The number of ether oxygens (including phenoxy) is 3. The number of aromatic nitrogens is 2. The summed E-state index contributed by atoms with van der Waals surface area (Å²) in [4.78, 5) is 12.7. The molecule has 5 rings (SSSR count). The molecule has 11 heteroatoms. The maximum absolute atomic E-state index is 14.2. The summed E-state index contributed by atoms with van der Waals surface area (Å²) >= 11 is 0. The van der Waals surface area contributed by atoms with E-state index in [0.29, 0.717) is 25.3 Å². The molecule has 3 aliphatic rings. The monoisotopic (exact) mass is 455 g/mol. The number of hydrogen-bond acceptors (Lipinski definition) is 6. The van der Waals surface area contributed by atoms with Crippen LogP contribution in [0, 0.1) is 0 Å². The lowest BCUT2D eigenvalue weighted by molar-refractivity contribution is -0.137. The second kappa shape index (κ2) is 8.20. The van der Waals surface area contributed by atoms with Gasteiger partial charge in [0.15, 0.2) is 0 Å². The molecule has 2 aliphatic heterocycles. The number of fused-ring (bicyclic) bond motifs is 3. The number of rotatable bonds is 5. The first-order chi connectivity index (χ1) is 15.3. The number of hydrogen-bond donors (Lipinski definition) is 1. The highest BCUT2D eigenvalue weighted by Crippen LogP contribution is 2.48. The van der Waals surface area contributed by atoms with E-state index < -0.39 is 23.4 Å². The van der Waals surface area contributed by atoms with Gasteiger partial charge in [0, 0.05) is 31.3 Å². The Hall–Kier alpha value is -2.37. The van der Waals surface area contributed by atoms with Gasteiger partial charge in [0.1, 0.15) is 24.2 Å². The third-order valence-corrected chi connectivity index (χ3v) is 6.12. The van der Waals surface area contributed by atoms with Crippen LogP contribution in [0.2, 0.25) is 0 Å². The molecule has 0 spiro atoms. The second-order valence-electron chi connectivity index (χ2n) is 8.48. The first kappa shape index (κ1) is 21.5. The normalized spacial score (nSPS) is 25.1. The SMILES string of the molecule is C[C@@H]1Cc2oc(C(=O)NC[C@@H]3CCCO3)c(C(F)(F)F)c2-c2nn(C[C@H]3COCO3)cc21. The smallest absolute Gasteiger partial charge is 0.420 e. The Morgan fingerprint density at radius 2 is 2.16 bits per heavy atom. The average molecular weight is 455 g/mol. The van der Waals surface area contributed by atoms with Crippen LogP contribution in [0.25, 0.3) is 11.3 Å². The Labute approximate surface area is 182 Å². The lowest BCUT2D eigenvalue weighted by atomic mass is 9.86. The number of furan rings is 1. The van der Waals surface area contributed by atoms with Gasteiger partial charge in [-0.2, -0.15) is 18.3 Å². The Morgan fingerprint density at radius 3 is 2.84 bits per heavy atom. The molecule has 0 aromatic carbocycles. The number of nitrogens with zero attached hydrogens (tertiary/aromatic N) is 2. The Bertz CT molecular complexity index is 1000. The molecule has 2 aromatic rings. The molecule has 1 amide bonds. The van der Waals surface area contributed by atoms with Crippen LogP contribution in [0.4, 0.5) is 13.2 Å². The first-order valence-corrected chi connectivity index (χ1v) is 10.7. The molecule has 0 unspecified atom stereocenters. The lowest BCUT2D eigenvalue weighted by Gasteiger charge is -2.17. The van der Waals surface area contributed by atoms with Gasteiger partial charge in [0.05, 0.1) is 30.5 Å². The maximum Gasteiger partial charge on any atom is 0.420 e. The van der Waals surface area contributed by atoms with E-state index in [2.05, 4.69) is 10.4 Å². The van der Waals surface area contributed by atoms with Crippen molar-refractivity contribution in [2.75, 3.05) is 26.6 Å². The number of halogens is 3. The third kappa shape index (κ3) is 3.93. The molecule has 32 heavy (non-hydrogen) atoms. The molecule has 1 N–H and O–H groups in total. The quantitative estimate of drug-likeness (QED) is 0.746. The highest BCUT2D eigenvalue weighted by Gasteiger charge is 2.46. The van der Waals surface area contributed by atoms with Crippen molar-refractivity contribution in [1.82, 2.24) is 15.1 Å². The van der Waals surface area contributed by atoms with Gasteiger partial charge >= 0.3 is 6.18 Å². The van der Waals surface area contributed by atoms with Gasteiger partial charge in [-0.15, -0.1) is 0 Å². The molecule has 174 valence electrons. The van der Waals surface area contributed by atoms with Crippen LogP contribution in [0.3, 0.4) is 0 Å². The van der Waals surface area contributed by atoms with Crippen molar-refractivity contribution < 1.29 is 36.6 Å². The van der Waals surface area contributed by atoms with Crippen molar-refractivity contribution in [3.63, 3.8) is 0 Å². The molecule has 1 aliphatic carbocycles. The lowest BCUT2D eigenvalue weighted by Crippen LogP contribution is -2.32. The first-order valence-electron chi connectivity index (χ1n) is 10.7. The standard InChI is InChI=1S/C21H24F3N3O5/c1-11-5-15-16(18-14(11)8-27(26-18)7-13-9-29-10-31-13)17(21(22,23)24)19(32-15)20(28)25-6-12-3-2-4-30-12/h8,11-13H,2-7,9-10H2,1H3,(H,25,28)/t11-,12+,13+/m1/s1. The van der Waals surface area contributed by atoms with E-state index >= 15 is 0 Å². The maximum atomic E-state index is 14.2. The molecule has 3 atom stereocenters. The van der Waals surface area contributed by atoms with Crippen LogP contribution in [0.15, 0.2) is 10.6 Å². The number of amides is 1. The Balaban J connectivity index is 1.49. The molecule has 0 saturated carbocycles. The van der Waals surface area contributed by atoms with Gasteiger partial charge in [-0.1, -0.05) is 6.92 Å². The summed E-state index contributed by atoms with van der Waals surface area (Å²) in [5, 5.41) is 6.97. The summed E-state index contributed by atoms with van der Waals surface area (Å²) in [6.07, 6.45) is -1.57. The molecule has 4 heterocycles. The number of alkyl halides is 3. The number of carbonyl (C=O) groups is 1. The van der Waals surface area contributed by atoms with Crippen molar-refractivity contribution in [2.45, 2.75) is 57.0 Å². The van der Waals surface area contributed by atoms with E-state index in [-0.39, 0.29) is 54.9 Å². The van der Waals surface area contributed by atoms with E-state index in [0.717, 1.165) is 12.8 Å². The van der Waals surface area contributed by atoms with Crippen LogP contribution < -0.4 is 5.32 Å². The Kier molecular flexibility index (Phi) is 5.50. The van der Waals surface area contributed by atoms with Crippen LogP contribution in [0.5, 0.6) is 0 Å². The zero-order valence-electron chi connectivity index (χ0n) is 17.5. The van der Waals surface area contributed by atoms with Crippen molar-refractivity contribution in [1.29, 1.82) is 0 Å². The molecular weight excluding hydrogens is 431 g/mol. The third-order valence-electron chi connectivity index (χ3n) is 6.12. The summed E-state index contributed by atoms with van der Waals surface area (Å²) in [5.74, 6) is -1.60. The van der Waals surface area contributed by atoms with Crippen LogP contribution in [-0.4, -0.2) is 54.4 Å². The highest BCUT2D eigenvalue weighted by molar-refractivity contribution is 5.96. The molecule has 2 fully saturated rings. The van der Waals surface area contributed by atoms with Gasteiger partial charge in [-0.05, 0) is 18.8 Å². The largest absolute Gasteiger partial charge is 0.455 e.